The van der Waals surface area contributed by atoms with Crippen molar-refractivity contribution in [1.82, 2.24) is 4.72 Å². The molecule has 0 aromatic heterocycles. The molecule has 0 heterocycles. The van der Waals surface area contributed by atoms with E-state index in [9.17, 15) is 13.2 Å². The second kappa shape index (κ2) is 4.89. The summed E-state index contributed by atoms with van der Waals surface area (Å²) >= 11 is 0. The van der Waals surface area contributed by atoms with Crippen molar-refractivity contribution in [2.24, 2.45) is 0 Å². The molecule has 0 aromatic rings. The van der Waals surface area contributed by atoms with E-state index in [4.69, 9.17) is 0 Å². The van der Waals surface area contributed by atoms with Crippen molar-refractivity contribution >= 4 is 16.0 Å². The highest BCUT2D eigenvalue weighted by molar-refractivity contribution is 7.88. The number of nitrogens with one attached hydrogen (secondary N) is 1. The highest BCUT2D eigenvalue weighted by Crippen LogP contribution is 1.79. The zero-order valence-corrected chi connectivity index (χ0v) is 7.56. The van der Waals surface area contributed by atoms with Crippen LogP contribution in [0.2, 0.25) is 0 Å². The molecule has 0 saturated heterocycles. The van der Waals surface area contributed by atoms with Crippen LogP contribution in [0, 0.1) is 0 Å². The summed E-state index contributed by atoms with van der Waals surface area (Å²) in [6.45, 7) is 3.07. The van der Waals surface area contributed by atoms with Gasteiger partial charge in [-0.25, -0.2) is 13.1 Å². The fourth-order valence-corrected chi connectivity index (χ4v) is 0.773. The van der Waals surface area contributed by atoms with E-state index in [-0.39, 0.29) is 13.2 Å². The zero-order valence-electron chi connectivity index (χ0n) is 6.74. The molecule has 0 rings (SSSR count). The van der Waals surface area contributed by atoms with Gasteiger partial charge in [-0.2, -0.15) is 0 Å². The molecule has 0 spiro atoms. The average molecular weight is 193 g/mol. The molecule has 0 aliphatic heterocycles. The monoisotopic (exact) mass is 193 g/mol. The van der Waals surface area contributed by atoms with Crippen molar-refractivity contribution < 1.29 is 17.9 Å². The first-order valence-corrected chi connectivity index (χ1v) is 5.06. The van der Waals surface area contributed by atoms with E-state index >= 15 is 0 Å². The Morgan fingerprint density at radius 2 is 2.25 bits per heavy atom. The van der Waals surface area contributed by atoms with Crippen molar-refractivity contribution in [3.8, 4) is 0 Å². The number of ether oxygens (including phenoxy) is 1. The third-order valence-corrected chi connectivity index (χ3v) is 1.51. The lowest BCUT2D eigenvalue weighted by Gasteiger charge is -2.01. The fourth-order valence-electron chi connectivity index (χ4n) is 0.393. The predicted octanol–water partition coefficient (Wildman–Crippen LogP) is -0.735. The van der Waals surface area contributed by atoms with Gasteiger partial charge in [0.25, 0.3) is 0 Å². The lowest BCUT2D eigenvalue weighted by atomic mass is 10.6. The molecule has 0 radical (unpaired) electrons. The molecule has 0 atom stereocenters. The summed E-state index contributed by atoms with van der Waals surface area (Å²) in [4.78, 5) is 10.7. The first kappa shape index (κ1) is 11.1. The van der Waals surface area contributed by atoms with Gasteiger partial charge in [-0.15, -0.1) is 0 Å². The molecule has 0 aromatic carbocycles. The maximum atomic E-state index is 10.7. The highest BCUT2D eigenvalue weighted by Gasteiger charge is 2.05. The predicted molar refractivity (Wildman–Crippen MR) is 44.0 cm³/mol. The van der Waals surface area contributed by atoms with Gasteiger partial charge in [0.1, 0.15) is 13.2 Å². The van der Waals surface area contributed by atoms with E-state index in [2.05, 4.69) is 11.3 Å². The smallest absolute Gasteiger partial charge is 0.321 e. The number of carbonyl (C=O) groups is 1. The van der Waals surface area contributed by atoms with Gasteiger partial charge in [0.2, 0.25) is 10.0 Å². The second-order valence-corrected chi connectivity index (χ2v) is 3.90. The number of rotatable bonds is 5. The van der Waals surface area contributed by atoms with Gasteiger partial charge in [0, 0.05) is 0 Å². The van der Waals surface area contributed by atoms with Crippen LogP contribution in [-0.2, 0) is 19.6 Å². The maximum Gasteiger partial charge on any atom is 0.321 e. The van der Waals surface area contributed by atoms with E-state index in [1.807, 2.05) is 4.72 Å². The second-order valence-electron chi connectivity index (χ2n) is 2.06. The molecule has 1 N–H and O–H groups in total. The van der Waals surface area contributed by atoms with Crippen molar-refractivity contribution in [2.45, 2.75) is 0 Å². The molecular formula is C6H11NO4S. The van der Waals surface area contributed by atoms with Crippen LogP contribution in [0.5, 0.6) is 0 Å². The van der Waals surface area contributed by atoms with Crippen LogP contribution in [0.25, 0.3) is 0 Å². The Morgan fingerprint density at radius 3 is 2.67 bits per heavy atom. The van der Waals surface area contributed by atoms with Gasteiger partial charge in [0.05, 0.1) is 6.26 Å². The number of hydrogen-bond donors (Lipinski definition) is 1. The van der Waals surface area contributed by atoms with Gasteiger partial charge in [-0.3, -0.25) is 4.79 Å². The van der Waals surface area contributed by atoms with Gasteiger partial charge in [-0.05, 0) is 0 Å². The summed E-state index contributed by atoms with van der Waals surface area (Å²) in [6, 6.07) is 0. The summed E-state index contributed by atoms with van der Waals surface area (Å²) in [7, 11) is -3.32. The van der Waals surface area contributed by atoms with Crippen LogP contribution in [0.4, 0.5) is 0 Å². The molecule has 5 nitrogen and oxygen atoms in total. The van der Waals surface area contributed by atoms with Crippen LogP contribution in [0.3, 0.4) is 0 Å². The first-order valence-electron chi connectivity index (χ1n) is 3.17. The first-order chi connectivity index (χ1) is 5.45. The molecule has 0 fully saturated rings. The SMILES string of the molecule is C=CCOC(=O)CNS(C)(=O)=O. The number of esters is 1. The highest BCUT2D eigenvalue weighted by atomic mass is 32.2. The molecule has 70 valence electrons. The summed E-state index contributed by atoms with van der Waals surface area (Å²) in [5.41, 5.74) is 0. The van der Waals surface area contributed by atoms with Gasteiger partial charge >= 0.3 is 5.97 Å². The third-order valence-electron chi connectivity index (χ3n) is 0.841. The Bertz CT molecular complexity index is 257. The average Bonchev–Trinajstić information content (AvgIpc) is 1.95. The molecule has 0 aliphatic carbocycles. The largest absolute Gasteiger partial charge is 0.460 e. The van der Waals surface area contributed by atoms with Crippen LogP contribution < -0.4 is 4.72 Å². The van der Waals surface area contributed by atoms with E-state index in [1.54, 1.807) is 0 Å². The zero-order chi connectivity index (χ0) is 9.61. The van der Waals surface area contributed by atoms with Crippen molar-refractivity contribution in [3.05, 3.63) is 12.7 Å². The summed E-state index contributed by atoms with van der Waals surface area (Å²) in [6.07, 6.45) is 2.37. The van der Waals surface area contributed by atoms with E-state index in [0.717, 1.165) is 6.26 Å². The topological polar surface area (TPSA) is 72.5 Å². The minimum Gasteiger partial charge on any atom is -0.460 e. The lowest BCUT2D eigenvalue weighted by molar-refractivity contribution is -0.140. The molecule has 0 saturated carbocycles. The fraction of sp³-hybridized carbons (Fsp3) is 0.500. The summed E-state index contributed by atoms with van der Waals surface area (Å²) < 4.78 is 27.4. The maximum absolute atomic E-state index is 10.7. The van der Waals surface area contributed by atoms with Crippen LogP contribution in [0.1, 0.15) is 0 Å². The van der Waals surface area contributed by atoms with Crippen LogP contribution >= 0.6 is 0 Å². The standard InChI is InChI=1S/C6H11NO4S/c1-3-4-11-6(8)5-7-12(2,9)10/h3,7H,1,4-5H2,2H3. The Balaban J connectivity index is 3.65. The minimum atomic E-state index is -3.32. The Hall–Kier alpha value is -0.880. The number of hydrogen-bond acceptors (Lipinski definition) is 4. The summed E-state index contributed by atoms with van der Waals surface area (Å²) in [5.74, 6) is -0.625. The normalized spacial score (nSPS) is 10.8. The van der Waals surface area contributed by atoms with Crippen molar-refractivity contribution in [1.29, 1.82) is 0 Å². The van der Waals surface area contributed by atoms with E-state index < -0.39 is 16.0 Å². The van der Waals surface area contributed by atoms with Crippen LogP contribution in [-0.4, -0.2) is 33.8 Å². The minimum absolute atomic E-state index is 0.0876. The number of sulfonamides is 1. The van der Waals surface area contributed by atoms with Crippen LogP contribution in [0.15, 0.2) is 12.7 Å². The molecule has 0 aliphatic rings. The molecule has 12 heavy (non-hydrogen) atoms. The Labute approximate surface area is 71.5 Å². The van der Waals surface area contributed by atoms with E-state index in [0.29, 0.717) is 0 Å². The molecule has 0 bridgehead atoms. The van der Waals surface area contributed by atoms with Crippen molar-refractivity contribution in [2.75, 3.05) is 19.4 Å². The van der Waals surface area contributed by atoms with E-state index in [1.165, 1.54) is 6.08 Å². The van der Waals surface area contributed by atoms with Crippen molar-refractivity contribution in [3.63, 3.8) is 0 Å². The van der Waals surface area contributed by atoms with Gasteiger partial charge < -0.3 is 4.74 Å². The van der Waals surface area contributed by atoms with Gasteiger partial charge in [-0.1, -0.05) is 12.7 Å². The Morgan fingerprint density at radius 1 is 1.67 bits per heavy atom. The van der Waals surface area contributed by atoms with Gasteiger partial charge in [0.15, 0.2) is 0 Å². The molecule has 0 unspecified atom stereocenters. The summed E-state index contributed by atoms with van der Waals surface area (Å²) in [5, 5.41) is 0. The molecule has 6 heteroatoms. The molecular weight excluding hydrogens is 182 g/mol. The quantitative estimate of drug-likeness (QED) is 0.461. The number of carbonyl (C=O) groups excluding carboxylic acids is 1. The third kappa shape index (κ3) is 7.23. The molecule has 0 amide bonds. The Kier molecular flexibility index (Phi) is 4.53. The lowest BCUT2D eigenvalue weighted by Crippen LogP contribution is -2.29.